The summed E-state index contributed by atoms with van der Waals surface area (Å²) in [7, 11) is 0. The molecule has 3 aromatic rings. The summed E-state index contributed by atoms with van der Waals surface area (Å²) >= 11 is 1.04. The Kier molecular flexibility index (Phi) is 4.37. The van der Waals surface area contributed by atoms with Crippen LogP contribution in [-0.4, -0.2) is 27.7 Å². The Balaban J connectivity index is 1.45. The van der Waals surface area contributed by atoms with E-state index in [1.54, 1.807) is 24.3 Å². The predicted octanol–water partition coefficient (Wildman–Crippen LogP) is 4.26. The van der Waals surface area contributed by atoms with Gasteiger partial charge in [0.15, 0.2) is 5.82 Å². The molecule has 0 atom stereocenters. The van der Waals surface area contributed by atoms with Crippen molar-refractivity contribution in [1.82, 2.24) is 15.2 Å². The molecule has 0 aliphatic heterocycles. The molecule has 2 N–H and O–H groups in total. The van der Waals surface area contributed by atoms with E-state index in [4.69, 9.17) is 0 Å². The molecule has 6 nitrogen and oxygen atoms in total. The highest BCUT2D eigenvalue weighted by Crippen LogP contribution is 2.38. The van der Waals surface area contributed by atoms with Gasteiger partial charge in [0.05, 0.1) is 0 Å². The van der Waals surface area contributed by atoms with Crippen molar-refractivity contribution in [3.8, 4) is 17.1 Å². The first-order valence-electron chi connectivity index (χ1n) is 7.96. The minimum Gasteiger partial charge on any atom is -0.433 e. The van der Waals surface area contributed by atoms with Crippen LogP contribution in [0.4, 0.5) is 14.5 Å². The zero-order valence-electron chi connectivity index (χ0n) is 13.4. The minimum absolute atomic E-state index is 0.0948. The average molecular weight is 376 g/mol. The minimum atomic E-state index is -2.97. The van der Waals surface area contributed by atoms with Gasteiger partial charge in [-0.3, -0.25) is 9.89 Å². The number of hydrogen-bond donors (Lipinski definition) is 2. The lowest BCUT2D eigenvalue weighted by atomic mass is 10.2. The molecule has 134 valence electrons. The SMILES string of the molecule is O=C(Nc1ccc(-c2n[nH]c(C3CC3)n2)cc1)c1sccc1OC(F)F. The molecule has 0 saturated heterocycles. The normalized spacial score (nSPS) is 13.8. The molecule has 9 heteroatoms. The van der Waals surface area contributed by atoms with Crippen molar-refractivity contribution in [2.75, 3.05) is 5.32 Å². The quantitative estimate of drug-likeness (QED) is 0.673. The Morgan fingerprint density at radius 3 is 2.73 bits per heavy atom. The molecule has 1 fully saturated rings. The standard InChI is InChI=1S/C17H14F2N4O2S/c18-17(19)25-12-7-8-26-13(12)16(24)20-11-5-3-10(4-6-11)15-21-14(22-23-15)9-1-2-9/h3-9,17H,1-2H2,(H,20,24)(H,21,22,23). The third kappa shape index (κ3) is 3.57. The van der Waals surface area contributed by atoms with Gasteiger partial charge in [0, 0.05) is 17.2 Å². The fraction of sp³-hybridized carbons (Fsp3) is 0.235. The van der Waals surface area contributed by atoms with Gasteiger partial charge in [-0.2, -0.15) is 13.9 Å². The summed E-state index contributed by atoms with van der Waals surface area (Å²) < 4.78 is 29.1. The average Bonchev–Trinajstić information content (AvgIpc) is 3.16. The van der Waals surface area contributed by atoms with Crippen molar-refractivity contribution in [3.05, 3.63) is 46.4 Å². The van der Waals surface area contributed by atoms with Crippen LogP contribution in [0.3, 0.4) is 0 Å². The van der Waals surface area contributed by atoms with E-state index in [9.17, 15) is 13.6 Å². The van der Waals surface area contributed by atoms with Crippen LogP contribution in [0.1, 0.15) is 34.3 Å². The molecule has 1 amide bonds. The number of aromatic nitrogens is 3. The summed E-state index contributed by atoms with van der Waals surface area (Å²) in [5.74, 6) is 1.37. The van der Waals surface area contributed by atoms with Gasteiger partial charge in [0.2, 0.25) is 0 Å². The molecule has 0 spiro atoms. The van der Waals surface area contributed by atoms with Gasteiger partial charge in [-0.05, 0) is 48.6 Å². The summed E-state index contributed by atoms with van der Waals surface area (Å²) in [6.07, 6.45) is 2.28. The molecule has 1 aliphatic carbocycles. The van der Waals surface area contributed by atoms with Gasteiger partial charge in [0.25, 0.3) is 5.91 Å². The maximum atomic E-state index is 12.4. The molecule has 1 aliphatic rings. The lowest BCUT2D eigenvalue weighted by Gasteiger charge is -2.07. The van der Waals surface area contributed by atoms with E-state index in [1.165, 1.54) is 11.4 Å². The number of H-pyrrole nitrogens is 1. The summed E-state index contributed by atoms with van der Waals surface area (Å²) in [5.41, 5.74) is 1.36. The fourth-order valence-electron chi connectivity index (χ4n) is 2.49. The smallest absolute Gasteiger partial charge is 0.387 e. The molecular weight excluding hydrogens is 362 g/mol. The largest absolute Gasteiger partial charge is 0.433 e. The number of aromatic amines is 1. The van der Waals surface area contributed by atoms with Crippen LogP contribution in [-0.2, 0) is 0 Å². The number of amides is 1. The highest BCUT2D eigenvalue weighted by atomic mass is 32.1. The van der Waals surface area contributed by atoms with Crippen molar-refractivity contribution in [2.45, 2.75) is 25.4 Å². The summed E-state index contributed by atoms with van der Waals surface area (Å²) in [6, 6.07) is 8.35. The number of benzene rings is 1. The second-order valence-electron chi connectivity index (χ2n) is 5.84. The van der Waals surface area contributed by atoms with Gasteiger partial charge in [0.1, 0.15) is 16.5 Å². The van der Waals surface area contributed by atoms with Gasteiger partial charge in [-0.15, -0.1) is 11.3 Å². The number of ether oxygens (including phenoxy) is 1. The van der Waals surface area contributed by atoms with E-state index in [2.05, 4.69) is 25.2 Å². The topological polar surface area (TPSA) is 79.9 Å². The number of halogens is 2. The van der Waals surface area contributed by atoms with Gasteiger partial charge in [-0.25, -0.2) is 4.98 Å². The number of carbonyl (C=O) groups is 1. The molecule has 0 unspecified atom stereocenters. The fourth-order valence-corrected chi connectivity index (χ4v) is 3.20. The van der Waals surface area contributed by atoms with Crippen LogP contribution in [0.2, 0.25) is 0 Å². The maximum absolute atomic E-state index is 12.4. The molecule has 4 rings (SSSR count). The van der Waals surface area contributed by atoms with Crippen LogP contribution in [0.25, 0.3) is 11.4 Å². The molecule has 2 aromatic heterocycles. The predicted molar refractivity (Wildman–Crippen MR) is 92.7 cm³/mol. The summed E-state index contributed by atoms with van der Waals surface area (Å²) in [6.45, 7) is -2.97. The van der Waals surface area contributed by atoms with Gasteiger partial charge >= 0.3 is 6.61 Å². The lowest BCUT2D eigenvalue weighted by Crippen LogP contribution is -2.12. The lowest BCUT2D eigenvalue weighted by molar-refractivity contribution is -0.0498. The Bertz CT molecular complexity index is 919. The Labute approximate surface area is 151 Å². The molecule has 1 aromatic carbocycles. The first-order chi connectivity index (χ1) is 12.6. The van der Waals surface area contributed by atoms with Crippen LogP contribution in [0.15, 0.2) is 35.7 Å². The highest BCUT2D eigenvalue weighted by Gasteiger charge is 2.27. The van der Waals surface area contributed by atoms with E-state index >= 15 is 0 Å². The van der Waals surface area contributed by atoms with E-state index in [1.807, 2.05) is 0 Å². The van der Waals surface area contributed by atoms with E-state index < -0.39 is 12.5 Å². The summed E-state index contributed by atoms with van der Waals surface area (Å²) in [4.78, 5) is 16.8. The first kappa shape index (κ1) is 16.6. The Hall–Kier alpha value is -2.81. The number of carbonyl (C=O) groups excluding carboxylic acids is 1. The molecule has 0 radical (unpaired) electrons. The van der Waals surface area contributed by atoms with Gasteiger partial charge < -0.3 is 10.1 Å². The number of thiophene rings is 1. The number of nitrogens with zero attached hydrogens (tertiary/aromatic N) is 2. The van der Waals surface area contributed by atoms with Crippen molar-refractivity contribution in [2.24, 2.45) is 0 Å². The monoisotopic (exact) mass is 376 g/mol. The van der Waals surface area contributed by atoms with Gasteiger partial charge in [-0.1, -0.05) is 0 Å². The third-order valence-electron chi connectivity index (χ3n) is 3.92. The molecule has 0 bridgehead atoms. The summed E-state index contributed by atoms with van der Waals surface area (Å²) in [5, 5.41) is 11.3. The number of rotatable bonds is 6. The molecule has 2 heterocycles. The second kappa shape index (κ2) is 6.83. The van der Waals surface area contributed by atoms with Crippen LogP contribution >= 0.6 is 11.3 Å². The van der Waals surface area contributed by atoms with Crippen molar-refractivity contribution in [1.29, 1.82) is 0 Å². The van der Waals surface area contributed by atoms with Crippen LogP contribution in [0.5, 0.6) is 5.75 Å². The third-order valence-corrected chi connectivity index (χ3v) is 4.81. The number of hydrogen-bond acceptors (Lipinski definition) is 5. The molecule has 26 heavy (non-hydrogen) atoms. The van der Waals surface area contributed by atoms with E-state index in [0.29, 0.717) is 17.4 Å². The molecule has 1 saturated carbocycles. The zero-order chi connectivity index (χ0) is 18.1. The van der Waals surface area contributed by atoms with Crippen molar-refractivity contribution >= 4 is 22.9 Å². The number of nitrogens with one attached hydrogen (secondary N) is 2. The van der Waals surface area contributed by atoms with E-state index in [0.717, 1.165) is 35.6 Å². The van der Waals surface area contributed by atoms with Crippen molar-refractivity contribution < 1.29 is 18.3 Å². The number of anilines is 1. The molecular formula is C17H14F2N4O2S. The van der Waals surface area contributed by atoms with Crippen LogP contribution < -0.4 is 10.1 Å². The van der Waals surface area contributed by atoms with E-state index in [-0.39, 0.29) is 10.6 Å². The number of alkyl halides is 2. The zero-order valence-corrected chi connectivity index (χ0v) is 14.2. The Morgan fingerprint density at radius 2 is 2.04 bits per heavy atom. The van der Waals surface area contributed by atoms with Crippen molar-refractivity contribution in [3.63, 3.8) is 0 Å². The first-order valence-corrected chi connectivity index (χ1v) is 8.84. The highest BCUT2D eigenvalue weighted by molar-refractivity contribution is 7.12. The Morgan fingerprint density at radius 1 is 1.27 bits per heavy atom. The maximum Gasteiger partial charge on any atom is 0.387 e. The van der Waals surface area contributed by atoms with Crippen LogP contribution in [0, 0.1) is 0 Å². The second-order valence-corrected chi connectivity index (χ2v) is 6.76.